The molecule has 1 aliphatic heterocycles. The Morgan fingerprint density at radius 2 is 2.20 bits per heavy atom. The molecule has 0 aliphatic carbocycles. The Bertz CT molecular complexity index is 688. The van der Waals surface area contributed by atoms with Gasteiger partial charge in [0, 0.05) is 18.4 Å². The van der Waals surface area contributed by atoms with Crippen molar-refractivity contribution in [1.29, 1.82) is 0 Å². The lowest BCUT2D eigenvalue weighted by molar-refractivity contribution is -0.128. The maximum atomic E-state index is 11.8. The Hall–Kier alpha value is -2.30. The predicted molar refractivity (Wildman–Crippen MR) is 72.4 cm³/mol. The van der Waals surface area contributed by atoms with E-state index in [0.29, 0.717) is 35.6 Å². The van der Waals surface area contributed by atoms with Crippen LogP contribution in [0.5, 0.6) is 0 Å². The van der Waals surface area contributed by atoms with Gasteiger partial charge in [0.2, 0.25) is 5.91 Å². The molecule has 5 nitrogen and oxygen atoms in total. The van der Waals surface area contributed by atoms with Crippen LogP contribution >= 0.6 is 0 Å². The van der Waals surface area contributed by atoms with Gasteiger partial charge in [-0.25, -0.2) is 4.79 Å². The molecule has 20 heavy (non-hydrogen) atoms. The maximum absolute atomic E-state index is 11.8. The van der Waals surface area contributed by atoms with Crippen LogP contribution in [-0.2, 0) is 11.3 Å². The summed E-state index contributed by atoms with van der Waals surface area (Å²) in [6.45, 7) is 2.88. The summed E-state index contributed by atoms with van der Waals surface area (Å²) in [7, 11) is 0. The van der Waals surface area contributed by atoms with E-state index in [1.54, 1.807) is 29.2 Å². The van der Waals surface area contributed by atoms with Crippen molar-refractivity contribution in [2.24, 2.45) is 5.92 Å². The van der Waals surface area contributed by atoms with Crippen molar-refractivity contribution in [3.63, 3.8) is 0 Å². The summed E-state index contributed by atoms with van der Waals surface area (Å²) >= 11 is 0. The number of para-hydroxylation sites is 1. The number of nitrogens with zero attached hydrogens (tertiary/aromatic N) is 1. The van der Waals surface area contributed by atoms with Gasteiger partial charge >= 0.3 is 5.97 Å². The second-order valence-corrected chi connectivity index (χ2v) is 5.29. The topological polar surface area (TPSA) is 70.8 Å². The summed E-state index contributed by atoms with van der Waals surface area (Å²) in [5.74, 6) is -0.319. The van der Waals surface area contributed by atoms with Crippen molar-refractivity contribution in [3.8, 4) is 0 Å². The predicted octanol–water partition coefficient (Wildman–Crippen LogP) is 2.50. The van der Waals surface area contributed by atoms with Crippen molar-refractivity contribution in [1.82, 2.24) is 4.90 Å². The number of carbonyl (C=O) groups is 2. The quantitative estimate of drug-likeness (QED) is 0.932. The third-order valence-corrected chi connectivity index (χ3v) is 3.62. The molecule has 1 unspecified atom stereocenters. The standard InChI is InChI=1S/C15H15NO4/c1-9-6-13(17)16(7-9)8-12-14(15(18)19)10-4-2-3-5-11(10)20-12/h2-5,9H,6-8H2,1H3,(H,18,19). The van der Waals surface area contributed by atoms with Crippen LogP contribution in [0.2, 0.25) is 0 Å². The molecule has 2 heterocycles. The lowest BCUT2D eigenvalue weighted by atomic mass is 10.1. The van der Waals surface area contributed by atoms with E-state index >= 15 is 0 Å². The van der Waals surface area contributed by atoms with E-state index in [4.69, 9.17) is 4.42 Å². The lowest BCUT2D eigenvalue weighted by Crippen LogP contribution is -2.25. The highest BCUT2D eigenvalue weighted by Gasteiger charge is 2.29. The molecule has 0 radical (unpaired) electrons. The van der Waals surface area contributed by atoms with Gasteiger partial charge in [-0.15, -0.1) is 0 Å². The van der Waals surface area contributed by atoms with Gasteiger partial charge in [0.25, 0.3) is 0 Å². The number of carboxylic acids is 1. The van der Waals surface area contributed by atoms with Crippen molar-refractivity contribution in [2.45, 2.75) is 19.9 Å². The van der Waals surface area contributed by atoms with E-state index in [1.807, 2.05) is 6.92 Å². The number of fused-ring (bicyclic) bond motifs is 1. The number of carboxylic acid groups (broad SMARTS) is 1. The number of likely N-dealkylation sites (tertiary alicyclic amines) is 1. The first-order valence-electron chi connectivity index (χ1n) is 6.57. The Morgan fingerprint density at radius 1 is 1.45 bits per heavy atom. The van der Waals surface area contributed by atoms with E-state index in [0.717, 1.165) is 0 Å². The van der Waals surface area contributed by atoms with Gasteiger partial charge in [0.05, 0.1) is 6.54 Å². The highest BCUT2D eigenvalue weighted by molar-refractivity contribution is 6.03. The number of amides is 1. The molecule has 1 atom stereocenters. The van der Waals surface area contributed by atoms with Crippen LogP contribution in [-0.4, -0.2) is 28.4 Å². The molecule has 1 aromatic carbocycles. The maximum Gasteiger partial charge on any atom is 0.339 e. The number of rotatable bonds is 3. The molecule has 0 bridgehead atoms. The minimum Gasteiger partial charge on any atom is -0.478 e. The molecule has 1 fully saturated rings. The van der Waals surface area contributed by atoms with Crippen LogP contribution in [0.3, 0.4) is 0 Å². The van der Waals surface area contributed by atoms with Gasteiger partial charge in [-0.05, 0) is 12.0 Å². The van der Waals surface area contributed by atoms with Gasteiger partial charge in [-0.1, -0.05) is 25.1 Å². The Kier molecular flexibility index (Phi) is 2.97. The van der Waals surface area contributed by atoms with Crippen molar-refractivity contribution >= 4 is 22.8 Å². The van der Waals surface area contributed by atoms with Crippen molar-refractivity contribution in [3.05, 3.63) is 35.6 Å². The molecule has 3 rings (SSSR count). The Balaban J connectivity index is 2.01. The molecule has 0 spiro atoms. The summed E-state index contributed by atoms with van der Waals surface area (Å²) in [5.41, 5.74) is 0.701. The van der Waals surface area contributed by atoms with Crippen LogP contribution < -0.4 is 0 Å². The Morgan fingerprint density at radius 3 is 2.85 bits per heavy atom. The number of benzene rings is 1. The van der Waals surface area contributed by atoms with Gasteiger partial charge in [0.1, 0.15) is 16.9 Å². The monoisotopic (exact) mass is 273 g/mol. The first-order chi connectivity index (χ1) is 9.56. The summed E-state index contributed by atoms with van der Waals surface area (Å²) in [6.07, 6.45) is 0.517. The molecule has 5 heteroatoms. The average Bonchev–Trinajstić information content (AvgIpc) is 2.89. The minimum absolute atomic E-state index is 0.0503. The summed E-state index contributed by atoms with van der Waals surface area (Å²) in [4.78, 5) is 24.9. The summed E-state index contributed by atoms with van der Waals surface area (Å²) in [5, 5.41) is 9.96. The molecule has 104 valence electrons. The molecular weight excluding hydrogens is 258 g/mol. The summed E-state index contributed by atoms with van der Waals surface area (Å²) in [6, 6.07) is 7.03. The van der Waals surface area contributed by atoms with Crippen LogP contribution in [0, 0.1) is 5.92 Å². The zero-order valence-corrected chi connectivity index (χ0v) is 11.1. The third-order valence-electron chi connectivity index (χ3n) is 3.62. The molecule has 1 N–H and O–H groups in total. The molecular formula is C15H15NO4. The summed E-state index contributed by atoms with van der Waals surface area (Å²) < 4.78 is 5.63. The normalized spacial score (nSPS) is 18.9. The number of carbonyl (C=O) groups excluding carboxylic acids is 1. The van der Waals surface area contributed by atoms with E-state index in [1.165, 1.54) is 0 Å². The van der Waals surface area contributed by atoms with E-state index in [2.05, 4.69) is 0 Å². The first kappa shape index (κ1) is 12.7. The molecule has 1 aliphatic rings. The largest absolute Gasteiger partial charge is 0.478 e. The van der Waals surface area contributed by atoms with Gasteiger partial charge < -0.3 is 14.4 Å². The number of hydrogen-bond donors (Lipinski definition) is 1. The van der Waals surface area contributed by atoms with Crippen LogP contribution in [0.15, 0.2) is 28.7 Å². The zero-order chi connectivity index (χ0) is 14.3. The number of hydrogen-bond acceptors (Lipinski definition) is 3. The second-order valence-electron chi connectivity index (χ2n) is 5.29. The van der Waals surface area contributed by atoms with Crippen LogP contribution in [0.4, 0.5) is 0 Å². The van der Waals surface area contributed by atoms with Gasteiger partial charge in [-0.3, -0.25) is 4.79 Å². The molecule has 0 saturated carbocycles. The smallest absolute Gasteiger partial charge is 0.339 e. The minimum atomic E-state index is -1.02. The van der Waals surface area contributed by atoms with E-state index < -0.39 is 5.97 Å². The van der Waals surface area contributed by atoms with Gasteiger partial charge in [0.15, 0.2) is 0 Å². The van der Waals surface area contributed by atoms with E-state index in [-0.39, 0.29) is 18.0 Å². The van der Waals surface area contributed by atoms with Crippen molar-refractivity contribution in [2.75, 3.05) is 6.54 Å². The van der Waals surface area contributed by atoms with Crippen LogP contribution in [0.25, 0.3) is 11.0 Å². The lowest BCUT2D eigenvalue weighted by Gasteiger charge is -2.14. The zero-order valence-electron chi connectivity index (χ0n) is 11.1. The molecule has 1 aromatic heterocycles. The fourth-order valence-electron chi connectivity index (χ4n) is 2.74. The number of furan rings is 1. The molecule has 1 amide bonds. The second kappa shape index (κ2) is 4.67. The van der Waals surface area contributed by atoms with Crippen molar-refractivity contribution < 1.29 is 19.1 Å². The highest BCUT2D eigenvalue weighted by Crippen LogP contribution is 2.28. The van der Waals surface area contributed by atoms with E-state index in [9.17, 15) is 14.7 Å². The third kappa shape index (κ3) is 2.05. The Labute approximate surface area is 115 Å². The fourth-order valence-corrected chi connectivity index (χ4v) is 2.74. The molecule has 1 saturated heterocycles. The highest BCUT2D eigenvalue weighted by atomic mass is 16.4. The molecule has 2 aromatic rings. The average molecular weight is 273 g/mol. The fraction of sp³-hybridized carbons (Fsp3) is 0.333. The van der Waals surface area contributed by atoms with Gasteiger partial charge in [-0.2, -0.15) is 0 Å². The van der Waals surface area contributed by atoms with Crippen LogP contribution in [0.1, 0.15) is 29.5 Å². The SMILES string of the molecule is CC1CC(=O)N(Cc2oc3ccccc3c2C(=O)O)C1. The number of aromatic carboxylic acids is 1. The first-order valence-corrected chi connectivity index (χ1v) is 6.57.